The third-order valence-electron chi connectivity index (χ3n) is 4.40. The zero-order valence-electron chi connectivity index (χ0n) is 15.3. The van der Waals surface area contributed by atoms with E-state index in [0.717, 1.165) is 38.6 Å². The Balaban J connectivity index is 1.78. The lowest BCUT2D eigenvalue weighted by molar-refractivity contribution is 1.02. The van der Waals surface area contributed by atoms with Gasteiger partial charge in [0.25, 0.3) is 0 Å². The molecule has 0 saturated carbocycles. The lowest BCUT2D eigenvalue weighted by Crippen LogP contribution is -1.98. The number of nitrogens with two attached hydrogens (primary N) is 1. The summed E-state index contributed by atoms with van der Waals surface area (Å²) in [4.78, 5) is 13.5. The van der Waals surface area contributed by atoms with Crippen molar-refractivity contribution in [2.45, 2.75) is 24.6 Å². The van der Waals surface area contributed by atoms with Crippen LogP contribution in [0.2, 0.25) is 0 Å². The first-order valence-corrected chi connectivity index (χ1v) is 9.77. The minimum Gasteiger partial charge on any atom is -0.368 e. The van der Waals surface area contributed by atoms with Crippen molar-refractivity contribution in [3.05, 3.63) is 77.5 Å². The lowest BCUT2D eigenvalue weighted by atomic mass is 10.0. The average Bonchev–Trinajstić information content (AvgIpc) is 2.66. The highest BCUT2D eigenvalue weighted by atomic mass is 32.2. The Kier molecular flexibility index (Phi) is 4.77. The molecule has 27 heavy (non-hydrogen) atoms. The largest absolute Gasteiger partial charge is 0.368 e. The summed E-state index contributed by atoms with van der Waals surface area (Å²) < 4.78 is 0. The summed E-state index contributed by atoms with van der Waals surface area (Å²) in [6, 6.07) is 20.8. The van der Waals surface area contributed by atoms with Gasteiger partial charge in [0.2, 0.25) is 5.95 Å². The molecule has 2 N–H and O–H groups in total. The number of aromatic nitrogens is 3. The number of benzene rings is 2. The standard InChI is InChI=1S/C22H20N4S/c1-14-7-6-10-17-12-18(13-27-19-11-15(2)24-22(23)25-19)21(26-20(14)17)16-8-4-3-5-9-16/h3-12H,13H2,1-2H3,(H2,23,24,25). The van der Waals surface area contributed by atoms with E-state index < -0.39 is 0 Å². The number of pyridine rings is 1. The third kappa shape index (κ3) is 3.78. The highest BCUT2D eigenvalue weighted by Gasteiger charge is 2.12. The number of hydrogen-bond acceptors (Lipinski definition) is 5. The first kappa shape index (κ1) is 17.5. The van der Waals surface area contributed by atoms with Crippen molar-refractivity contribution in [2.75, 3.05) is 5.73 Å². The molecule has 134 valence electrons. The molecule has 4 rings (SSSR count). The lowest BCUT2D eigenvalue weighted by Gasteiger charge is -2.12. The van der Waals surface area contributed by atoms with Crippen LogP contribution in [0.3, 0.4) is 0 Å². The van der Waals surface area contributed by atoms with Crippen LogP contribution in [0.1, 0.15) is 16.8 Å². The van der Waals surface area contributed by atoms with Crippen LogP contribution in [0.4, 0.5) is 5.95 Å². The molecule has 0 aliphatic carbocycles. The van der Waals surface area contributed by atoms with Gasteiger partial charge in [0.05, 0.1) is 11.2 Å². The van der Waals surface area contributed by atoms with Gasteiger partial charge in [0.1, 0.15) is 5.03 Å². The second-order valence-corrected chi connectivity index (χ2v) is 7.50. The van der Waals surface area contributed by atoms with Gasteiger partial charge < -0.3 is 5.73 Å². The summed E-state index contributed by atoms with van der Waals surface area (Å²) in [7, 11) is 0. The molecule has 0 aliphatic rings. The third-order valence-corrected chi connectivity index (χ3v) is 5.36. The molecule has 0 saturated heterocycles. The quantitative estimate of drug-likeness (QED) is 0.395. The van der Waals surface area contributed by atoms with Gasteiger partial charge in [0, 0.05) is 22.4 Å². The van der Waals surface area contributed by atoms with E-state index in [1.165, 1.54) is 11.1 Å². The summed E-state index contributed by atoms with van der Waals surface area (Å²) in [6.07, 6.45) is 0. The molecule has 0 fully saturated rings. The number of nitrogen functional groups attached to an aromatic ring is 1. The van der Waals surface area contributed by atoms with Crippen molar-refractivity contribution >= 4 is 28.6 Å². The van der Waals surface area contributed by atoms with E-state index in [1.807, 2.05) is 31.2 Å². The van der Waals surface area contributed by atoms with E-state index in [4.69, 9.17) is 10.7 Å². The normalized spacial score (nSPS) is 11.0. The van der Waals surface area contributed by atoms with Crippen LogP contribution in [0.5, 0.6) is 0 Å². The summed E-state index contributed by atoms with van der Waals surface area (Å²) in [5.74, 6) is 1.07. The number of para-hydroxylation sites is 1. The average molecular weight is 372 g/mol. The molecule has 4 aromatic rings. The Morgan fingerprint density at radius 1 is 0.889 bits per heavy atom. The summed E-state index contributed by atoms with van der Waals surface area (Å²) >= 11 is 1.65. The second kappa shape index (κ2) is 7.37. The SMILES string of the molecule is Cc1cc(SCc2cc3cccc(C)c3nc2-c2ccccc2)nc(N)n1. The van der Waals surface area contributed by atoms with E-state index in [9.17, 15) is 0 Å². The summed E-state index contributed by atoms with van der Waals surface area (Å²) in [5.41, 5.74) is 12.2. The van der Waals surface area contributed by atoms with Crippen LogP contribution in [-0.4, -0.2) is 15.0 Å². The molecular formula is C22H20N4S. The Labute approximate surface area is 162 Å². The number of fused-ring (bicyclic) bond motifs is 1. The first-order chi connectivity index (χ1) is 13.1. The maximum atomic E-state index is 5.79. The predicted molar refractivity (Wildman–Crippen MR) is 113 cm³/mol. The smallest absolute Gasteiger partial charge is 0.221 e. The van der Waals surface area contributed by atoms with Crippen LogP contribution in [-0.2, 0) is 5.75 Å². The molecule has 5 heteroatoms. The molecule has 0 spiro atoms. The molecule has 2 aromatic carbocycles. The minimum absolute atomic E-state index is 0.313. The van der Waals surface area contributed by atoms with Crippen LogP contribution in [0.25, 0.3) is 22.2 Å². The van der Waals surface area contributed by atoms with E-state index in [1.54, 1.807) is 11.8 Å². The molecule has 0 unspecified atom stereocenters. The van der Waals surface area contributed by atoms with Gasteiger partial charge in [-0.15, -0.1) is 11.8 Å². The Bertz CT molecular complexity index is 1090. The molecule has 2 aromatic heterocycles. The number of rotatable bonds is 4. The van der Waals surface area contributed by atoms with Gasteiger partial charge in [-0.2, -0.15) is 0 Å². The van der Waals surface area contributed by atoms with Gasteiger partial charge in [-0.25, -0.2) is 15.0 Å². The molecule has 0 amide bonds. The van der Waals surface area contributed by atoms with Crippen LogP contribution >= 0.6 is 11.8 Å². The van der Waals surface area contributed by atoms with E-state index in [-0.39, 0.29) is 0 Å². The highest BCUT2D eigenvalue weighted by Crippen LogP contribution is 2.31. The first-order valence-electron chi connectivity index (χ1n) is 8.79. The second-order valence-electron chi connectivity index (χ2n) is 6.50. The van der Waals surface area contributed by atoms with Crippen LogP contribution in [0.15, 0.2) is 65.7 Å². The Morgan fingerprint density at radius 2 is 1.70 bits per heavy atom. The van der Waals surface area contributed by atoms with Crippen molar-refractivity contribution in [3.8, 4) is 11.3 Å². The van der Waals surface area contributed by atoms with Gasteiger partial charge in [-0.3, -0.25) is 0 Å². The van der Waals surface area contributed by atoms with Crippen molar-refractivity contribution < 1.29 is 0 Å². The van der Waals surface area contributed by atoms with Gasteiger partial charge in [-0.05, 0) is 37.1 Å². The zero-order chi connectivity index (χ0) is 18.8. The maximum Gasteiger partial charge on any atom is 0.221 e. The van der Waals surface area contributed by atoms with E-state index >= 15 is 0 Å². The summed E-state index contributed by atoms with van der Waals surface area (Å²) in [6.45, 7) is 4.03. The van der Waals surface area contributed by atoms with Crippen molar-refractivity contribution in [1.29, 1.82) is 0 Å². The minimum atomic E-state index is 0.313. The molecular weight excluding hydrogens is 352 g/mol. The Hall–Kier alpha value is -2.92. The zero-order valence-corrected chi connectivity index (χ0v) is 16.1. The molecule has 0 atom stereocenters. The predicted octanol–water partition coefficient (Wildman–Crippen LogP) is 5.18. The number of thioether (sulfide) groups is 1. The van der Waals surface area contributed by atoms with Crippen LogP contribution < -0.4 is 5.73 Å². The molecule has 4 nitrogen and oxygen atoms in total. The number of hydrogen-bond donors (Lipinski definition) is 1. The summed E-state index contributed by atoms with van der Waals surface area (Å²) in [5, 5.41) is 2.03. The van der Waals surface area contributed by atoms with Crippen molar-refractivity contribution in [1.82, 2.24) is 15.0 Å². The fourth-order valence-corrected chi connectivity index (χ4v) is 4.07. The molecule has 0 aliphatic heterocycles. The number of aryl methyl sites for hydroxylation is 2. The Morgan fingerprint density at radius 3 is 2.48 bits per heavy atom. The topological polar surface area (TPSA) is 64.7 Å². The van der Waals surface area contributed by atoms with Crippen molar-refractivity contribution in [3.63, 3.8) is 0 Å². The number of anilines is 1. The van der Waals surface area contributed by atoms with Crippen LogP contribution in [0, 0.1) is 13.8 Å². The maximum absolute atomic E-state index is 5.79. The fraction of sp³-hybridized carbons (Fsp3) is 0.136. The van der Waals surface area contributed by atoms with E-state index in [0.29, 0.717) is 5.95 Å². The van der Waals surface area contributed by atoms with Gasteiger partial charge >= 0.3 is 0 Å². The molecule has 0 bridgehead atoms. The monoisotopic (exact) mass is 372 g/mol. The van der Waals surface area contributed by atoms with E-state index in [2.05, 4.69) is 53.3 Å². The highest BCUT2D eigenvalue weighted by molar-refractivity contribution is 7.98. The number of nitrogens with zero attached hydrogens (tertiary/aromatic N) is 3. The fourth-order valence-electron chi connectivity index (χ4n) is 3.13. The van der Waals surface area contributed by atoms with Gasteiger partial charge in [0.15, 0.2) is 0 Å². The van der Waals surface area contributed by atoms with Crippen molar-refractivity contribution in [2.24, 2.45) is 0 Å². The van der Waals surface area contributed by atoms with Gasteiger partial charge in [-0.1, -0.05) is 48.5 Å². The molecule has 0 radical (unpaired) electrons. The molecule has 2 heterocycles.